The number of phenols is 1. The molecule has 0 aromatic heterocycles. The van der Waals surface area contributed by atoms with Gasteiger partial charge in [-0.1, -0.05) is 27.5 Å². The molecule has 0 atom stereocenters. The van der Waals surface area contributed by atoms with E-state index in [4.69, 9.17) is 11.6 Å². The quantitative estimate of drug-likeness (QED) is 0.759. The maximum atomic E-state index is 9.25. The molecule has 0 amide bonds. The highest BCUT2D eigenvalue weighted by atomic mass is 79.9. The molecule has 0 saturated heterocycles. The molecule has 0 aliphatic carbocycles. The molecule has 0 unspecified atom stereocenters. The van der Waals surface area contributed by atoms with E-state index in [-0.39, 0.29) is 10.8 Å². The first-order valence-electron chi connectivity index (χ1n) is 4.81. The molecule has 0 fully saturated rings. The van der Waals surface area contributed by atoms with E-state index in [9.17, 15) is 5.11 Å². The summed E-state index contributed by atoms with van der Waals surface area (Å²) in [4.78, 5) is 0. The summed E-state index contributed by atoms with van der Waals surface area (Å²) in [5, 5.41) is 17.6. The Bertz CT molecular complexity index is 555. The summed E-state index contributed by atoms with van der Waals surface area (Å²) in [5.74, 6) is 0.0364. The smallest absolute Gasteiger partial charge is 0.134 e. The third kappa shape index (κ3) is 3.28. The number of benzene rings is 2. The van der Waals surface area contributed by atoms with E-state index in [0.29, 0.717) is 5.69 Å². The number of hydrogen-bond donors (Lipinski definition) is 1. The average molecular weight is 312 g/mol. The highest BCUT2D eigenvalue weighted by Gasteiger charge is 1.98. The zero-order chi connectivity index (χ0) is 12.3. The molecule has 0 aliphatic heterocycles. The van der Waals surface area contributed by atoms with Crippen molar-refractivity contribution in [2.24, 2.45) is 10.2 Å². The lowest BCUT2D eigenvalue weighted by atomic mass is 10.3. The van der Waals surface area contributed by atoms with Gasteiger partial charge in [0, 0.05) is 4.47 Å². The number of nitrogens with zero attached hydrogens (tertiary/aromatic N) is 2. The van der Waals surface area contributed by atoms with Crippen LogP contribution in [0.3, 0.4) is 0 Å². The summed E-state index contributed by atoms with van der Waals surface area (Å²) >= 11 is 9.10. The molecule has 0 saturated carbocycles. The van der Waals surface area contributed by atoms with Crippen LogP contribution in [0.25, 0.3) is 0 Å². The average Bonchev–Trinajstić information content (AvgIpc) is 2.33. The van der Waals surface area contributed by atoms with Crippen LogP contribution in [0.5, 0.6) is 5.75 Å². The van der Waals surface area contributed by atoms with Gasteiger partial charge < -0.3 is 5.11 Å². The molecule has 0 aliphatic rings. The topological polar surface area (TPSA) is 45.0 Å². The lowest BCUT2D eigenvalue weighted by Crippen LogP contribution is -1.68. The van der Waals surface area contributed by atoms with E-state index >= 15 is 0 Å². The Morgan fingerprint density at radius 2 is 1.53 bits per heavy atom. The van der Waals surface area contributed by atoms with Gasteiger partial charge in [0.05, 0.1) is 16.4 Å². The minimum Gasteiger partial charge on any atom is -0.506 e. The molecule has 2 aromatic carbocycles. The van der Waals surface area contributed by atoms with Crippen molar-refractivity contribution in [3.05, 3.63) is 52.0 Å². The van der Waals surface area contributed by atoms with Crippen LogP contribution in [0.2, 0.25) is 5.02 Å². The van der Waals surface area contributed by atoms with Gasteiger partial charge in [0.2, 0.25) is 0 Å². The van der Waals surface area contributed by atoms with Crippen LogP contribution in [0, 0.1) is 0 Å². The zero-order valence-electron chi connectivity index (χ0n) is 8.64. The molecule has 0 heterocycles. The fourth-order valence-corrected chi connectivity index (χ4v) is 1.62. The van der Waals surface area contributed by atoms with Gasteiger partial charge in [0.15, 0.2) is 0 Å². The van der Waals surface area contributed by atoms with Crippen LogP contribution in [0.15, 0.2) is 57.2 Å². The van der Waals surface area contributed by atoms with E-state index in [1.807, 2.05) is 24.3 Å². The van der Waals surface area contributed by atoms with E-state index in [1.165, 1.54) is 6.07 Å². The first-order chi connectivity index (χ1) is 8.15. The van der Waals surface area contributed by atoms with Crippen molar-refractivity contribution in [1.29, 1.82) is 0 Å². The Balaban J connectivity index is 2.20. The first kappa shape index (κ1) is 12.1. The fourth-order valence-electron chi connectivity index (χ4n) is 1.18. The number of azo groups is 1. The summed E-state index contributed by atoms with van der Waals surface area (Å²) < 4.78 is 0.990. The molecule has 17 heavy (non-hydrogen) atoms. The molecule has 5 heteroatoms. The summed E-state index contributed by atoms with van der Waals surface area (Å²) in [7, 11) is 0. The lowest BCUT2D eigenvalue weighted by Gasteiger charge is -1.97. The van der Waals surface area contributed by atoms with Gasteiger partial charge in [-0.15, -0.1) is 0 Å². The van der Waals surface area contributed by atoms with Gasteiger partial charge in [0.1, 0.15) is 5.75 Å². The molecule has 2 rings (SSSR count). The van der Waals surface area contributed by atoms with Crippen LogP contribution >= 0.6 is 27.5 Å². The van der Waals surface area contributed by atoms with Gasteiger partial charge in [-0.25, -0.2) is 0 Å². The van der Waals surface area contributed by atoms with E-state index in [0.717, 1.165) is 10.2 Å². The summed E-state index contributed by atoms with van der Waals surface area (Å²) in [5.41, 5.74) is 1.34. The fraction of sp³-hybridized carbons (Fsp3) is 0. The van der Waals surface area contributed by atoms with E-state index in [2.05, 4.69) is 26.2 Å². The second-order valence-electron chi connectivity index (χ2n) is 3.31. The molecule has 86 valence electrons. The van der Waals surface area contributed by atoms with Crippen LogP contribution in [-0.2, 0) is 0 Å². The molecule has 2 aromatic rings. The van der Waals surface area contributed by atoms with Crippen LogP contribution < -0.4 is 0 Å². The molecule has 3 nitrogen and oxygen atoms in total. The van der Waals surface area contributed by atoms with E-state index in [1.54, 1.807) is 12.1 Å². The third-order valence-electron chi connectivity index (χ3n) is 2.04. The van der Waals surface area contributed by atoms with Crippen molar-refractivity contribution in [1.82, 2.24) is 0 Å². The highest BCUT2D eigenvalue weighted by molar-refractivity contribution is 9.10. The van der Waals surface area contributed by atoms with Crippen molar-refractivity contribution < 1.29 is 5.11 Å². The second-order valence-corrected chi connectivity index (χ2v) is 4.64. The van der Waals surface area contributed by atoms with E-state index < -0.39 is 0 Å². The Morgan fingerprint density at radius 1 is 0.941 bits per heavy atom. The maximum absolute atomic E-state index is 9.25. The van der Waals surface area contributed by atoms with Crippen molar-refractivity contribution in [2.75, 3.05) is 0 Å². The van der Waals surface area contributed by atoms with Crippen molar-refractivity contribution in [3.63, 3.8) is 0 Å². The first-order valence-corrected chi connectivity index (χ1v) is 5.98. The van der Waals surface area contributed by atoms with Crippen LogP contribution in [0.1, 0.15) is 0 Å². The molecular weight excluding hydrogens is 304 g/mol. The van der Waals surface area contributed by atoms with Crippen LogP contribution in [-0.4, -0.2) is 5.11 Å². The molecule has 0 bridgehead atoms. The monoisotopic (exact) mass is 310 g/mol. The summed E-state index contributed by atoms with van der Waals surface area (Å²) in [6.07, 6.45) is 0. The van der Waals surface area contributed by atoms with Gasteiger partial charge >= 0.3 is 0 Å². The lowest BCUT2D eigenvalue weighted by molar-refractivity contribution is 0.475. The van der Waals surface area contributed by atoms with Gasteiger partial charge in [-0.3, -0.25) is 0 Å². The van der Waals surface area contributed by atoms with Gasteiger partial charge in [-0.2, -0.15) is 10.2 Å². The second kappa shape index (κ2) is 5.29. The number of phenolic OH excluding ortho intramolecular Hbond substituents is 1. The number of hydrogen-bond acceptors (Lipinski definition) is 3. The summed E-state index contributed by atoms with van der Waals surface area (Å²) in [6, 6.07) is 12.1. The zero-order valence-corrected chi connectivity index (χ0v) is 11.0. The normalized spacial score (nSPS) is 10.9. The molecular formula is C12H8BrClN2O. The van der Waals surface area contributed by atoms with Crippen molar-refractivity contribution in [2.45, 2.75) is 0 Å². The Hall–Kier alpha value is -1.39. The third-order valence-corrected chi connectivity index (χ3v) is 2.87. The SMILES string of the molecule is Oc1ccc(N=Nc2ccc(Br)cc2)cc1Cl. The maximum Gasteiger partial charge on any atom is 0.134 e. The molecule has 0 radical (unpaired) electrons. The number of rotatable bonds is 2. The molecule has 1 N–H and O–H groups in total. The van der Waals surface area contributed by atoms with Crippen LogP contribution in [0.4, 0.5) is 11.4 Å². The molecule has 0 spiro atoms. The predicted molar refractivity (Wildman–Crippen MR) is 71.4 cm³/mol. The van der Waals surface area contributed by atoms with Crippen molar-refractivity contribution in [3.8, 4) is 5.75 Å². The largest absolute Gasteiger partial charge is 0.506 e. The Kier molecular flexibility index (Phi) is 3.76. The Morgan fingerprint density at radius 3 is 2.18 bits per heavy atom. The minimum atomic E-state index is 0.0364. The standard InChI is InChI=1S/C12H8BrClN2O/c13-8-1-3-9(4-2-8)15-16-10-5-6-12(17)11(14)7-10/h1-7,17H. The van der Waals surface area contributed by atoms with Gasteiger partial charge in [0.25, 0.3) is 0 Å². The Labute approximate surface area is 112 Å². The summed E-state index contributed by atoms with van der Waals surface area (Å²) in [6.45, 7) is 0. The number of aromatic hydroxyl groups is 1. The number of halogens is 2. The predicted octanol–water partition coefficient (Wildman–Crippen LogP) is 5.22. The highest BCUT2D eigenvalue weighted by Crippen LogP contribution is 2.28. The van der Waals surface area contributed by atoms with Gasteiger partial charge in [-0.05, 0) is 42.5 Å². The van der Waals surface area contributed by atoms with Crippen molar-refractivity contribution >= 4 is 38.9 Å². The minimum absolute atomic E-state index is 0.0364.